The number of amides is 1. The van der Waals surface area contributed by atoms with E-state index in [9.17, 15) is 18.0 Å². The van der Waals surface area contributed by atoms with Crippen molar-refractivity contribution in [1.82, 2.24) is 9.21 Å². The highest BCUT2D eigenvalue weighted by molar-refractivity contribution is 7.89. The average molecular weight is 439 g/mol. The van der Waals surface area contributed by atoms with Crippen molar-refractivity contribution < 1.29 is 27.5 Å². The third-order valence-electron chi connectivity index (χ3n) is 5.86. The molecule has 0 aromatic heterocycles. The third kappa shape index (κ3) is 4.95. The normalized spacial score (nSPS) is 21.3. The number of hydrogen-bond acceptors (Lipinski definition) is 6. The Morgan fingerprint density at radius 1 is 1.03 bits per heavy atom. The SMILES string of the molecule is CCOC(=O)C1CCN(C(=O)C2CCCN(S(=O)(=O)c3ccc(OC)cc3)C2)CC1. The fourth-order valence-corrected chi connectivity index (χ4v) is 5.64. The topological polar surface area (TPSA) is 93.2 Å². The average Bonchev–Trinajstić information content (AvgIpc) is 2.79. The summed E-state index contributed by atoms with van der Waals surface area (Å²) in [5, 5.41) is 0. The predicted octanol–water partition coefficient (Wildman–Crippen LogP) is 1.90. The number of piperidine rings is 2. The molecule has 2 saturated heterocycles. The number of carbonyl (C=O) groups is 2. The Labute approximate surface area is 178 Å². The smallest absolute Gasteiger partial charge is 0.309 e. The van der Waals surface area contributed by atoms with Crippen LogP contribution in [0.5, 0.6) is 5.75 Å². The number of carbonyl (C=O) groups excluding carboxylic acids is 2. The van der Waals surface area contributed by atoms with Gasteiger partial charge in [0, 0.05) is 26.2 Å². The molecule has 1 aromatic rings. The van der Waals surface area contributed by atoms with E-state index in [-0.39, 0.29) is 35.2 Å². The van der Waals surface area contributed by atoms with E-state index in [4.69, 9.17) is 9.47 Å². The number of hydrogen-bond donors (Lipinski definition) is 0. The van der Waals surface area contributed by atoms with Gasteiger partial charge < -0.3 is 14.4 Å². The maximum absolute atomic E-state index is 13.0. The molecule has 1 unspecified atom stereocenters. The van der Waals surface area contributed by atoms with Crippen molar-refractivity contribution in [3.63, 3.8) is 0 Å². The second-order valence-corrected chi connectivity index (χ2v) is 9.67. The molecule has 9 heteroatoms. The number of nitrogens with zero attached hydrogens (tertiary/aromatic N) is 2. The molecule has 2 fully saturated rings. The fourth-order valence-electron chi connectivity index (χ4n) is 4.11. The van der Waals surface area contributed by atoms with Gasteiger partial charge in [0.15, 0.2) is 0 Å². The Kier molecular flexibility index (Phi) is 7.36. The van der Waals surface area contributed by atoms with Gasteiger partial charge >= 0.3 is 5.97 Å². The molecule has 1 atom stereocenters. The van der Waals surface area contributed by atoms with Gasteiger partial charge in [0.1, 0.15) is 5.75 Å². The van der Waals surface area contributed by atoms with Gasteiger partial charge in [-0.25, -0.2) is 8.42 Å². The second kappa shape index (κ2) is 9.78. The highest BCUT2D eigenvalue weighted by atomic mass is 32.2. The lowest BCUT2D eigenvalue weighted by molar-refractivity contribution is -0.152. The van der Waals surface area contributed by atoms with Crippen LogP contribution in [0.1, 0.15) is 32.6 Å². The molecule has 2 aliphatic rings. The largest absolute Gasteiger partial charge is 0.497 e. The van der Waals surface area contributed by atoms with Crippen molar-refractivity contribution in [2.45, 2.75) is 37.5 Å². The first-order valence-electron chi connectivity index (χ1n) is 10.5. The maximum atomic E-state index is 13.0. The molecular formula is C21H30N2O6S. The Morgan fingerprint density at radius 3 is 2.30 bits per heavy atom. The summed E-state index contributed by atoms with van der Waals surface area (Å²) in [7, 11) is -2.14. The summed E-state index contributed by atoms with van der Waals surface area (Å²) in [6, 6.07) is 6.29. The van der Waals surface area contributed by atoms with E-state index < -0.39 is 10.0 Å². The zero-order chi connectivity index (χ0) is 21.7. The lowest BCUT2D eigenvalue weighted by Crippen LogP contribution is -2.49. The van der Waals surface area contributed by atoms with Crippen LogP contribution in [0.4, 0.5) is 0 Å². The molecular weight excluding hydrogens is 408 g/mol. The first-order valence-corrected chi connectivity index (χ1v) is 11.9. The van der Waals surface area contributed by atoms with Gasteiger partial charge in [0.2, 0.25) is 15.9 Å². The summed E-state index contributed by atoms with van der Waals surface area (Å²) in [6.07, 6.45) is 2.49. The highest BCUT2D eigenvalue weighted by Crippen LogP contribution is 2.28. The summed E-state index contributed by atoms with van der Waals surface area (Å²) >= 11 is 0. The molecule has 8 nitrogen and oxygen atoms in total. The van der Waals surface area contributed by atoms with Crippen LogP contribution in [-0.2, 0) is 24.3 Å². The lowest BCUT2D eigenvalue weighted by Gasteiger charge is -2.37. The van der Waals surface area contributed by atoms with Crippen molar-refractivity contribution in [3.05, 3.63) is 24.3 Å². The molecule has 2 aliphatic heterocycles. The number of rotatable bonds is 6. The minimum atomic E-state index is -3.66. The molecule has 1 aromatic carbocycles. The minimum absolute atomic E-state index is 0.0214. The lowest BCUT2D eigenvalue weighted by atomic mass is 9.93. The first kappa shape index (κ1) is 22.6. The van der Waals surface area contributed by atoms with Crippen molar-refractivity contribution >= 4 is 21.9 Å². The third-order valence-corrected chi connectivity index (χ3v) is 7.74. The maximum Gasteiger partial charge on any atom is 0.309 e. The minimum Gasteiger partial charge on any atom is -0.497 e. The molecule has 0 saturated carbocycles. The van der Waals surface area contributed by atoms with E-state index in [1.165, 1.54) is 23.5 Å². The summed E-state index contributed by atoms with van der Waals surface area (Å²) in [4.78, 5) is 26.9. The summed E-state index contributed by atoms with van der Waals surface area (Å²) in [5.74, 6) is -0.143. The molecule has 0 bridgehead atoms. The highest BCUT2D eigenvalue weighted by Gasteiger charge is 2.36. The van der Waals surface area contributed by atoms with E-state index in [0.29, 0.717) is 57.7 Å². The van der Waals surface area contributed by atoms with Crippen LogP contribution in [0.15, 0.2) is 29.2 Å². The Bertz CT molecular complexity index is 847. The second-order valence-electron chi connectivity index (χ2n) is 7.73. The Morgan fingerprint density at radius 2 is 1.70 bits per heavy atom. The van der Waals surface area contributed by atoms with Crippen molar-refractivity contribution in [2.75, 3.05) is 39.9 Å². The van der Waals surface area contributed by atoms with Crippen LogP contribution < -0.4 is 4.74 Å². The molecule has 0 spiro atoms. The number of benzene rings is 1. The molecule has 3 rings (SSSR count). The number of sulfonamides is 1. The quantitative estimate of drug-likeness (QED) is 0.630. The Hall–Kier alpha value is -2.13. The molecule has 166 valence electrons. The van der Waals surface area contributed by atoms with Crippen molar-refractivity contribution in [2.24, 2.45) is 11.8 Å². The van der Waals surface area contributed by atoms with Gasteiger partial charge in [0.25, 0.3) is 0 Å². The van der Waals surface area contributed by atoms with E-state index in [1.807, 2.05) is 0 Å². The van der Waals surface area contributed by atoms with Crippen molar-refractivity contribution in [3.8, 4) is 5.75 Å². The molecule has 0 N–H and O–H groups in total. The predicted molar refractivity (Wildman–Crippen MR) is 110 cm³/mol. The van der Waals surface area contributed by atoms with Gasteiger partial charge in [-0.2, -0.15) is 4.31 Å². The zero-order valence-electron chi connectivity index (χ0n) is 17.6. The van der Waals surface area contributed by atoms with Gasteiger partial charge in [-0.05, 0) is 56.9 Å². The molecule has 30 heavy (non-hydrogen) atoms. The van der Waals surface area contributed by atoms with Gasteiger partial charge in [-0.3, -0.25) is 9.59 Å². The van der Waals surface area contributed by atoms with Crippen LogP contribution in [0, 0.1) is 11.8 Å². The molecule has 0 radical (unpaired) electrons. The van der Waals surface area contributed by atoms with Gasteiger partial charge in [-0.1, -0.05) is 0 Å². The number of esters is 1. The standard InChI is InChI=1S/C21H30N2O6S/c1-3-29-21(25)16-10-13-22(14-11-16)20(24)17-5-4-12-23(15-17)30(26,27)19-8-6-18(28-2)7-9-19/h6-9,16-17H,3-5,10-15H2,1-2H3. The van der Waals surface area contributed by atoms with Crippen molar-refractivity contribution in [1.29, 1.82) is 0 Å². The zero-order valence-corrected chi connectivity index (χ0v) is 18.4. The summed E-state index contributed by atoms with van der Waals surface area (Å²) in [6.45, 7) is 3.74. The Balaban J connectivity index is 1.61. The van der Waals surface area contributed by atoms with E-state index in [2.05, 4.69) is 0 Å². The van der Waals surface area contributed by atoms with Crippen LogP contribution in [0.3, 0.4) is 0 Å². The fraction of sp³-hybridized carbons (Fsp3) is 0.619. The van der Waals surface area contributed by atoms with E-state index >= 15 is 0 Å². The monoisotopic (exact) mass is 438 g/mol. The number of ether oxygens (including phenoxy) is 2. The number of methoxy groups -OCH3 is 1. The first-order chi connectivity index (χ1) is 14.4. The van der Waals surface area contributed by atoms with Gasteiger partial charge in [-0.15, -0.1) is 0 Å². The van der Waals surface area contributed by atoms with E-state index in [1.54, 1.807) is 24.0 Å². The van der Waals surface area contributed by atoms with Crippen LogP contribution >= 0.6 is 0 Å². The van der Waals surface area contributed by atoms with Crippen LogP contribution in [0.25, 0.3) is 0 Å². The van der Waals surface area contributed by atoms with Gasteiger partial charge in [0.05, 0.1) is 30.4 Å². The van der Waals surface area contributed by atoms with Crippen LogP contribution in [-0.4, -0.2) is 69.4 Å². The summed E-state index contributed by atoms with van der Waals surface area (Å²) in [5.41, 5.74) is 0. The number of likely N-dealkylation sites (tertiary alicyclic amines) is 1. The molecule has 2 heterocycles. The summed E-state index contributed by atoms with van der Waals surface area (Å²) < 4.78 is 37.6. The molecule has 1 amide bonds. The van der Waals surface area contributed by atoms with Crippen LogP contribution in [0.2, 0.25) is 0 Å². The molecule has 0 aliphatic carbocycles. The van der Waals surface area contributed by atoms with E-state index in [0.717, 1.165) is 0 Å².